The highest BCUT2D eigenvalue weighted by Crippen LogP contribution is 2.33. The number of amides is 1. The zero-order chi connectivity index (χ0) is 16.9. The Morgan fingerprint density at radius 2 is 2.21 bits per heavy atom. The van der Waals surface area contributed by atoms with Gasteiger partial charge < -0.3 is 15.0 Å². The number of methoxy groups -OCH3 is 1. The lowest BCUT2D eigenvalue weighted by Gasteiger charge is -2.31. The highest BCUT2D eigenvalue weighted by Gasteiger charge is 2.26. The van der Waals surface area contributed by atoms with Crippen LogP contribution >= 0.6 is 11.3 Å². The number of nitrogens with one attached hydrogen (secondary N) is 1. The van der Waals surface area contributed by atoms with Crippen molar-refractivity contribution in [2.75, 3.05) is 31.6 Å². The quantitative estimate of drug-likeness (QED) is 0.813. The summed E-state index contributed by atoms with van der Waals surface area (Å²) in [6, 6.07) is 5.98. The van der Waals surface area contributed by atoms with E-state index in [9.17, 15) is 4.79 Å². The average molecular weight is 347 g/mol. The van der Waals surface area contributed by atoms with E-state index >= 15 is 0 Å². The number of benzene rings is 1. The molecule has 1 amide bonds. The third kappa shape index (κ3) is 3.80. The summed E-state index contributed by atoms with van der Waals surface area (Å²) >= 11 is 1.69. The molecule has 1 N–H and O–H groups in total. The Labute approximate surface area is 147 Å². The van der Waals surface area contributed by atoms with Crippen LogP contribution in [0.1, 0.15) is 32.6 Å². The van der Waals surface area contributed by atoms with E-state index in [0.717, 1.165) is 66.4 Å². The number of hydrogen-bond acceptors (Lipinski definition) is 5. The molecular formula is C18H25N3O2S. The molecule has 2 heterocycles. The smallest absolute Gasteiger partial charge is 0.223 e. The molecule has 1 fully saturated rings. The summed E-state index contributed by atoms with van der Waals surface area (Å²) in [5.41, 5.74) is 1.01. The number of nitrogens with zero attached hydrogens (tertiary/aromatic N) is 2. The van der Waals surface area contributed by atoms with Crippen LogP contribution in [0.2, 0.25) is 0 Å². The number of carbonyl (C=O) groups is 1. The highest BCUT2D eigenvalue weighted by molar-refractivity contribution is 7.22. The zero-order valence-corrected chi connectivity index (χ0v) is 15.2. The first-order valence-corrected chi connectivity index (χ1v) is 9.50. The summed E-state index contributed by atoms with van der Waals surface area (Å²) in [5.74, 6) is 1.23. The third-order valence-electron chi connectivity index (χ3n) is 4.55. The van der Waals surface area contributed by atoms with Crippen molar-refractivity contribution in [2.24, 2.45) is 5.92 Å². The number of hydrogen-bond donors (Lipinski definition) is 1. The summed E-state index contributed by atoms with van der Waals surface area (Å²) < 4.78 is 6.42. The number of ether oxygens (including phenoxy) is 1. The van der Waals surface area contributed by atoms with E-state index in [0.29, 0.717) is 0 Å². The fourth-order valence-corrected chi connectivity index (χ4v) is 4.07. The summed E-state index contributed by atoms with van der Waals surface area (Å²) in [6.45, 7) is 4.72. The van der Waals surface area contributed by atoms with E-state index in [4.69, 9.17) is 9.72 Å². The highest BCUT2D eigenvalue weighted by atomic mass is 32.1. The third-order valence-corrected chi connectivity index (χ3v) is 5.63. The van der Waals surface area contributed by atoms with Gasteiger partial charge in [0.1, 0.15) is 5.75 Å². The number of rotatable bonds is 6. The zero-order valence-electron chi connectivity index (χ0n) is 14.4. The lowest BCUT2D eigenvalue weighted by molar-refractivity contribution is -0.125. The van der Waals surface area contributed by atoms with Gasteiger partial charge in [0, 0.05) is 25.6 Å². The number of thiazole rings is 1. The fraction of sp³-hybridized carbons (Fsp3) is 0.556. The number of aromatic nitrogens is 1. The molecule has 0 spiro atoms. The first-order valence-electron chi connectivity index (χ1n) is 8.68. The standard InChI is InChI=1S/C18H25N3O2S/c1-3-4-9-19-17(22)13-7-10-21(11-8-13)18-20-15-6-5-14(23-2)12-16(15)24-18/h5-6,12-13H,3-4,7-11H2,1-2H3,(H,19,22). The molecule has 0 bridgehead atoms. The summed E-state index contributed by atoms with van der Waals surface area (Å²) in [7, 11) is 1.68. The van der Waals surface area contributed by atoms with Gasteiger partial charge in [-0.1, -0.05) is 24.7 Å². The maximum atomic E-state index is 12.2. The molecule has 0 unspecified atom stereocenters. The van der Waals surface area contributed by atoms with Crippen molar-refractivity contribution in [1.82, 2.24) is 10.3 Å². The lowest BCUT2D eigenvalue weighted by Crippen LogP contribution is -2.40. The van der Waals surface area contributed by atoms with Crippen molar-refractivity contribution in [3.63, 3.8) is 0 Å². The van der Waals surface area contributed by atoms with Crippen LogP contribution in [-0.2, 0) is 4.79 Å². The van der Waals surface area contributed by atoms with Crippen molar-refractivity contribution in [2.45, 2.75) is 32.6 Å². The Balaban J connectivity index is 1.59. The van der Waals surface area contributed by atoms with Gasteiger partial charge in [-0.25, -0.2) is 4.98 Å². The number of piperidine rings is 1. The first-order chi connectivity index (χ1) is 11.7. The van der Waals surface area contributed by atoms with Crippen LogP contribution in [0.15, 0.2) is 18.2 Å². The number of carbonyl (C=O) groups excluding carboxylic acids is 1. The molecule has 24 heavy (non-hydrogen) atoms. The predicted octanol–water partition coefficient (Wildman–Crippen LogP) is 3.44. The minimum Gasteiger partial charge on any atom is -0.497 e. The molecule has 1 saturated heterocycles. The Morgan fingerprint density at radius 1 is 1.42 bits per heavy atom. The normalized spacial score (nSPS) is 15.7. The van der Waals surface area contributed by atoms with E-state index in [1.54, 1.807) is 18.4 Å². The molecule has 6 heteroatoms. The van der Waals surface area contributed by atoms with Gasteiger partial charge in [-0.15, -0.1) is 0 Å². The first kappa shape index (κ1) is 17.0. The molecule has 3 rings (SSSR count). The topological polar surface area (TPSA) is 54.5 Å². The van der Waals surface area contributed by atoms with Gasteiger partial charge in [-0.3, -0.25) is 4.79 Å². The van der Waals surface area contributed by atoms with Crippen molar-refractivity contribution in [3.05, 3.63) is 18.2 Å². The summed E-state index contributed by atoms with van der Waals surface area (Å²) in [4.78, 5) is 19.2. The molecule has 1 aliphatic heterocycles. The second kappa shape index (κ2) is 7.83. The van der Waals surface area contributed by atoms with Crippen LogP contribution in [0, 0.1) is 5.92 Å². The van der Waals surface area contributed by atoms with Crippen LogP contribution in [-0.4, -0.2) is 37.6 Å². The second-order valence-corrected chi connectivity index (χ2v) is 7.25. The molecule has 1 aromatic carbocycles. The van der Waals surface area contributed by atoms with Gasteiger partial charge in [0.05, 0.1) is 17.3 Å². The minimum absolute atomic E-state index is 0.146. The van der Waals surface area contributed by atoms with Crippen LogP contribution in [0.5, 0.6) is 5.75 Å². The predicted molar refractivity (Wildman–Crippen MR) is 99.0 cm³/mol. The largest absolute Gasteiger partial charge is 0.497 e. The van der Waals surface area contributed by atoms with E-state index < -0.39 is 0 Å². The maximum absolute atomic E-state index is 12.2. The van der Waals surface area contributed by atoms with Gasteiger partial charge in [0.2, 0.25) is 5.91 Å². The molecule has 0 saturated carbocycles. The average Bonchev–Trinajstić information content (AvgIpc) is 3.05. The van der Waals surface area contributed by atoms with E-state index in [-0.39, 0.29) is 11.8 Å². The van der Waals surface area contributed by atoms with Gasteiger partial charge >= 0.3 is 0 Å². The monoisotopic (exact) mass is 347 g/mol. The van der Waals surface area contributed by atoms with Crippen molar-refractivity contribution in [3.8, 4) is 5.75 Å². The van der Waals surface area contributed by atoms with Crippen LogP contribution in [0.4, 0.5) is 5.13 Å². The van der Waals surface area contributed by atoms with E-state index in [1.165, 1.54) is 0 Å². The summed E-state index contributed by atoms with van der Waals surface area (Å²) in [6.07, 6.45) is 3.97. The minimum atomic E-state index is 0.146. The molecule has 0 radical (unpaired) electrons. The Bertz CT molecular complexity index is 693. The molecule has 130 valence electrons. The van der Waals surface area contributed by atoms with Gasteiger partial charge in [-0.05, 0) is 37.5 Å². The Morgan fingerprint density at radius 3 is 2.92 bits per heavy atom. The molecular weight excluding hydrogens is 322 g/mol. The molecule has 1 aromatic heterocycles. The van der Waals surface area contributed by atoms with Gasteiger partial charge in [-0.2, -0.15) is 0 Å². The van der Waals surface area contributed by atoms with Crippen molar-refractivity contribution >= 4 is 32.6 Å². The molecule has 2 aromatic rings. The number of fused-ring (bicyclic) bond motifs is 1. The number of unbranched alkanes of at least 4 members (excludes halogenated alkanes) is 1. The molecule has 0 atom stereocenters. The second-order valence-electron chi connectivity index (χ2n) is 6.24. The molecule has 0 aliphatic carbocycles. The van der Waals surface area contributed by atoms with Crippen LogP contribution in [0.3, 0.4) is 0 Å². The van der Waals surface area contributed by atoms with E-state index in [1.807, 2.05) is 18.2 Å². The Hall–Kier alpha value is -1.82. The lowest BCUT2D eigenvalue weighted by atomic mass is 9.96. The Kier molecular flexibility index (Phi) is 5.56. The van der Waals surface area contributed by atoms with Crippen LogP contribution < -0.4 is 15.0 Å². The van der Waals surface area contributed by atoms with E-state index in [2.05, 4.69) is 17.1 Å². The van der Waals surface area contributed by atoms with Crippen molar-refractivity contribution in [1.29, 1.82) is 0 Å². The number of anilines is 1. The maximum Gasteiger partial charge on any atom is 0.223 e. The SMILES string of the molecule is CCCCNC(=O)C1CCN(c2nc3ccc(OC)cc3s2)CC1. The molecule has 1 aliphatic rings. The molecule has 5 nitrogen and oxygen atoms in total. The fourth-order valence-electron chi connectivity index (χ4n) is 3.02. The summed E-state index contributed by atoms with van der Waals surface area (Å²) in [5, 5.41) is 4.10. The van der Waals surface area contributed by atoms with Gasteiger partial charge in [0.15, 0.2) is 5.13 Å². The van der Waals surface area contributed by atoms with Gasteiger partial charge in [0.25, 0.3) is 0 Å². The van der Waals surface area contributed by atoms with Crippen molar-refractivity contribution < 1.29 is 9.53 Å². The van der Waals surface area contributed by atoms with Crippen LogP contribution in [0.25, 0.3) is 10.2 Å².